The van der Waals surface area contributed by atoms with Crippen LogP contribution in [0.5, 0.6) is 0 Å². The van der Waals surface area contributed by atoms with E-state index >= 15 is 0 Å². The van der Waals surface area contributed by atoms with Gasteiger partial charge < -0.3 is 10.2 Å². The Hall–Kier alpha value is -2.25. The van der Waals surface area contributed by atoms with Gasteiger partial charge in [-0.3, -0.25) is 19.4 Å². The Morgan fingerprint density at radius 2 is 2.04 bits per heavy atom. The molecule has 0 saturated carbocycles. The van der Waals surface area contributed by atoms with E-state index in [0.717, 1.165) is 51.5 Å². The summed E-state index contributed by atoms with van der Waals surface area (Å²) in [5.41, 5.74) is 2.27. The first kappa shape index (κ1) is 18.1. The second kappa shape index (κ2) is 8.63. The quantitative estimate of drug-likeness (QED) is 0.856. The summed E-state index contributed by atoms with van der Waals surface area (Å²) < 4.78 is 1.90. The number of rotatable bonds is 5. The van der Waals surface area contributed by atoms with Crippen LogP contribution in [0.1, 0.15) is 30.1 Å². The molecule has 2 aromatic rings. The highest BCUT2D eigenvalue weighted by Gasteiger charge is 2.24. The fourth-order valence-electron chi connectivity index (χ4n) is 4.03. The first-order valence-electron chi connectivity index (χ1n) is 9.92. The molecule has 2 fully saturated rings. The van der Waals surface area contributed by atoms with Crippen LogP contribution in [0.2, 0.25) is 0 Å². The molecule has 7 heteroatoms. The number of nitrogens with one attached hydrogen (secondary N) is 1. The number of nitrogens with zero attached hydrogens (tertiary/aromatic N) is 5. The second-order valence-electron chi connectivity index (χ2n) is 7.44. The maximum absolute atomic E-state index is 12.8. The zero-order chi connectivity index (χ0) is 18.5. The van der Waals surface area contributed by atoms with Gasteiger partial charge in [0.25, 0.3) is 0 Å². The third-order valence-corrected chi connectivity index (χ3v) is 5.59. The van der Waals surface area contributed by atoms with E-state index in [1.54, 1.807) is 0 Å². The van der Waals surface area contributed by atoms with Crippen LogP contribution in [0.4, 0.5) is 0 Å². The van der Waals surface area contributed by atoms with Crippen molar-refractivity contribution >= 4 is 5.91 Å². The van der Waals surface area contributed by atoms with E-state index in [9.17, 15) is 4.79 Å². The molecule has 144 valence electrons. The van der Waals surface area contributed by atoms with Crippen LogP contribution in [0.15, 0.2) is 36.7 Å². The molecule has 0 aromatic carbocycles. The number of pyridine rings is 1. The van der Waals surface area contributed by atoms with Gasteiger partial charge in [-0.05, 0) is 37.6 Å². The van der Waals surface area contributed by atoms with Crippen molar-refractivity contribution in [1.29, 1.82) is 0 Å². The third-order valence-electron chi connectivity index (χ3n) is 5.59. The lowest BCUT2D eigenvalue weighted by Gasteiger charge is -2.34. The van der Waals surface area contributed by atoms with Crippen LogP contribution in [0, 0.1) is 0 Å². The van der Waals surface area contributed by atoms with Crippen molar-refractivity contribution < 1.29 is 4.79 Å². The monoisotopic (exact) mass is 368 g/mol. The van der Waals surface area contributed by atoms with Crippen LogP contribution >= 0.6 is 0 Å². The molecule has 0 radical (unpaired) electrons. The van der Waals surface area contributed by atoms with E-state index < -0.39 is 0 Å². The first-order valence-corrected chi connectivity index (χ1v) is 9.92. The minimum atomic E-state index is 0.168. The summed E-state index contributed by atoms with van der Waals surface area (Å²) in [6.45, 7) is 6.58. The van der Waals surface area contributed by atoms with Crippen molar-refractivity contribution in [2.75, 3.05) is 39.3 Å². The molecule has 0 aliphatic carbocycles. The third kappa shape index (κ3) is 4.54. The SMILES string of the molecule is O=C(Cn1nccc1[C@H]1CCCNC1)N1CCN(Cc2ccccn2)CC1. The lowest BCUT2D eigenvalue weighted by Crippen LogP contribution is -2.49. The maximum atomic E-state index is 12.8. The van der Waals surface area contributed by atoms with Crippen LogP contribution in [-0.4, -0.2) is 69.7 Å². The summed E-state index contributed by atoms with van der Waals surface area (Å²) in [6, 6.07) is 8.07. The molecule has 27 heavy (non-hydrogen) atoms. The summed E-state index contributed by atoms with van der Waals surface area (Å²) >= 11 is 0. The van der Waals surface area contributed by atoms with Gasteiger partial charge in [-0.25, -0.2) is 0 Å². The molecule has 1 atom stereocenters. The zero-order valence-electron chi connectivity index (χ0n) is 15.8. The largest absolute Gasteiger partial charge is 0.339 e. The van der Waals surface area contributed by atoms with E-state index in [1.165, 1.54) is 18.5 Å². The summed E-state index contributed by atoms with van der Waals surface area (Å²) in [6.07, 6.45) is 6.00. The molecule has 0 unspecified atom stereocenters. The standard InChI is InChI=1S/C20H28N6O/c27-20(16-26-19(6-9-23-26)17-4-3-7-21-14-17)25-12-10-24(11-13-25)15-18-5-1-2-8-22-18/h1-2,5-6,8-9,17,21H,3-4,7,10-16H2/t17-/m0/s1. The van der Waals surface area contributed by atoms with Gasteiger partial charge in [-0.15, -0.1) is 0 Å². The highest BCUT2D eigenvalue weighted by Crippen LogP contribution is 2.23. The van der Waals surface area contributed by atoms with E-state index in [-0.39, 0.29) is 5.91 Å². The summed E-state index contributed by atoms with van der Waals surface area (Å²) in [7, 11) is 0. The van der Waals surface area contributed by atoms with Crippen LogP contribution < -0.4 is 5.32 Å². The van der Waals surface area contributed by atoms with Crippen molar-refractivity contribution in [2.24, 2.45) is 0 Å². The molecular formula is C20H28N6O. The molecule has 4 heterocycles. The van der Waals surface area contributed by atoms with Crippen molar-refractivity contribution in [3.8, 4) is 0 Å². The fraction of sp³-hybridized carbons (Fsp3) is 0.550. The lowest BCUT2D eigenvalue weighted by atomic mass is 9.96. The smallest absolute Gasteiger partial charge is 0.244 e. The number of hydrogen-bond acceptors (Lipinski definition) is 5. The molecule has 0 bridgehead atoms. The van der Waals surface area contributed by atoms with Gasteiger partial charge in [-0.2, -0.15) is 5.10 Å². The minimum Gasteiger partial charge on any atom is -0.339 e. The van der Waals surface area contributed by atoms with Crippen LogP contribution in [0.3, 0.4) is 0 Å². The molecule has 2 saturated heterocycles. The Kier molecular flexibility index (Phi) is 5.79. The summed E-state index contributed by atoms with van der Waals surface area (Å²) in [5, 5.41) is 7.86. The van der Waals surface area contributed by atoms with Crippen LogP contribution in [0.25, 0.3) is 0 Å². The van der Waals surface area contributed by atoms with Gasteiger partial charge >= 0.3 is 0 Å². The van der Waals surface area contributed by atoms with E-state index in [2.05, 4.69) is 32.4 Å². The molecule has 1 N–H and O–H groups in total. The van der Waals surface area contributed by atoms with E-state index in [4.69, 9.17) is 0 Å². The Labute approximate surface area is 160 Å². The van der Waals surface area contributed by atoms with Gasteiger partial charge in [0.2, 0.25) is 5.91 Å². The Balaban J connectivity index is 1.29. The second-order valence-corrected chi connectivity index (χ2v) is 7.44. The average molecular weight is 368 g/mol. The van der Waals surface area contributed by atoms with Crippen molar-refractivity contribution in [3.05, 3.63) is 48.0 Å². The van der Waals surface area contributed by atoms with Gasteiger partial charge in [0.1, 0.15) is 6.54 Å². The molecule has 2 aliphatic rings. The summed E-state index contributed by atoms with van der Waals surface area (Å²) in [4.78, 5) is 21.5. The van der Waals surface area contributed by atoms with Crippen molar-refractivity contribution in [1.82, 2.24) is 29.9 Å². The Morgan fingerprint density at radius 3 is 2.78 bits per heavy atom. The number of piperidine rings is 1. The molecule has 7 nitrogen and oxygen atoms in total. The molecular weight excluding hydrogens is 340 g/mol. The number of piperazine rings is 1. The van der Waals surface area contributed by atoms with E-state index in [1.807, 2.05) is 34.1 Å². The van der Waals surface area contributed by atoms with Gasteiger partial charge in [0.05, 0.1) is 5.69 Å². The normalized spacial score (nSPS) is 21.3. The Bertz CT molecular complexity index is 732. The Morgan fingerprint density at radius 1 is 1.15 bits per heavy atom. The number of carbonyl (C=O) groups excluding carboxylic acids is 1. The zero-order valence-corrected chi connectivity index (χ0v) is 15.8. The van der Waals surface area contributed by atoms with Gasteiger partial charge in [-0.1, -0.05) is 6.07 Å². The molecule has 4 rings (SSSR count). The number of amides is 1. The van der Waals surface area contributed by atoms with E-state index in [0.29, 0.717) is 12.5 Å². The molecule has 2 aliphatic heterocycles. The topological polar surface area (TPSA) is 66.3 Å². The van der Waals surface area contributed by atoms with Crippen molar-refractivity contribution in [3.63, 3.8) is 0 Å². The molecule has 2 aromatic heterocycles. The summed E-state index contributed by atoms with van der Waals surface area (Å²) in [5.74, 6) is 0.630. The van der Waals surface area contributed by atoms with Gasteiger partial charge in [0, 0.05) is 63.3 Å². The van der Waals surface area contributed by atoms with Gasteiger partial charge in [0.15, 0.2) is 0 Å². The fourth-order valence-corrected chi connectivity index (χ4v) is 4.03. The minimum absolute atomic E-state index is 0.168. The predicted molar refractivity (Wildman–Crippen MR) is 103 cm³/mol. The molecule has 0 spiro atoms. The van der Waals surface area contributed by atoms with Crippen LogP contribution in [-0.2, 0) is 17.9 Å². The first-order chi connectivity index (χ1) is 13.3. The average Bonchev–Trinajstić information content (AvgIpc) is 3.18. The number of hydrogen-bond donors (Lipinski definition) is 1. The highest BCUT2D eigenvalue weighted by molar-refractivity contribution is 5.76. The predicted octanol–water partition coefficient (Wildman–Crippen LogP) is 1.09. The number of aromatic nitrogens is 3. The number of carbonyl (C=O) groups is 1. The van der Waals surface area contributed by atoms with Crippen molar-refractivity contribution in [2.45, 2.75) is 31.8 Å². The molecule has 1 amide bonds. The lowest BCUT2D eigenvalue weighted by molar-refractivity contribution is -0.133. The highest BCUT2D eigenvalue weighted by atomic mass is 16.2. The maximum Gasteiger partial charge on any atom is 0.244 e.